The number of rotatable bonds is 7. The lowest BCUT2D eigenvalue weighted by Gasteiger charge is -2.23. The van der Waals surface area contributed by atoms with Crippen molar-refractivity contribution in [1.29, 1.82) is 0 Å². The van der Waals surface area contributed by atoms with Crippen LogP contribution in [0.2, 0.25) is 0 Å². The summed E-state index contributed by atoms with van der Waals surface area (Å²) in [4.78, 5) is 12.2. The Balaban J connectivity index is 2.00. The van der Waals surface area contributed by atoms with Gasteiger partial charge in [0.1, 0.15) is 5.60 Å². The predicted molar refractivity (Wildman–Crippen MR) is 88.2 cm³/mol. The topological polar surface area (TPSA) is 75.4 Å². The zero-order valence-corrected chi connectivity index (χ0v) is 13.9. The molecular formula is C18H24N2O3. The summed E-state index contributed by atoms with van der Waals surface area (Å²) in [6, 6.07) is 10.9. The molecular weight excluding hydrogens is 292 g/mol. The van der Waals surface area contributed by atoms with Gasteiger partial charge in [0.25, 0.3) is 5.91 Å². The Hall–Kier alpha value is -2.14. The third-order valence-corrected chi connectivity index (χ3v) is 4.14. The van der Waals surface area contributed by atoms with Gasteiger partial charge >= 0.3 is 0 Å². The number of aromatic nitrogens is 1. The number of nitrogens with one attached hydrogen (secondary N) is 1. The molecule has 23 heavy (non-hydrogen) atoms. The Morgan fingerprint density at radius 2 is 1.96 bits per heavy atom. The van der Waals surface area contributed by atoms with Crippen molar-refractivity contribution in [3.05, 3.63) is 53.4 Å². The highest BCUT2D eigenvalue weighted by molar-refractivity contribution is 5.91. The molecule has 0 aliphatic carbocycles. The molecule has 0 saturated carbocycles. The van der Waals surface area contributed by atoms with Gasteiger partial charge in [0, 0.05) is 12.0 Å². The van der Waals surface area contributed by atoms with Crippen molar-refractivity contribution >= 4 is 5.91 Å². The Morgan fingerprint density at radius 1 is 1.30 bits per heavy atom. The van der Waals surface area contributed by atoms with Crippen molar-refractivity contribution in [2.24, 2.45) is 0 Å². The Labute approximate surface area is 136 Å². The maximum Gasteiger partial charge on any atom is 0.290 e. The fourth-order valence-electron chi connectivity index (χ4n) is 2.53. The van der Waals surface area contributed by atoms with E-state index < -0.39 is 5.60 Å². The highest BCUT2D eigenvalue weighted by Gasteiger charge is 2.25. The number of carbonyl (C=O) groups is 1. The lowest BCUT2D eigenvalue weighted by molar-refractivity contribution is 0.0516. The molecule has 1 aromatic heterocycles. The van der Waals surface area contributed by atoms with Crippen LogP contribution in [-0.2, 0) is 5.60 Å². The predicted octanol–water partition coefficient (Wildman–Crippen LogP) is 3.22. The molecule has 5 heteroatoms. The summed E-state index contributed by atoms with van der Waals surface area (Å²) in [5, 5.41) is 17.2. The largest absolute Gasteiger partial charge is 0.384 e. The van der Waals surface area contributed by atoms with Gasteiger partial charge in [-0.1, -0.05) is 49.3 Å². The molecule has 2 rings (SSSR count). The van der Waals surface area contributed by atoms with E-state index >= 15 is 0 Å². The minimum Gasteiger partial charge on any atom is -0.384 e. The number of hydrogen-bond acceptors (Lipinski definition) is 4. The van der Waals surface area contributed by atoms with Gasteiger partial charge in [0.05, 0.1) is 12.2 Å². The SMILES string of the molecule is CCC(CC)c1cc(C(=O)NCC(C)(O)c2ccccc2)on1. The van der Waals surface area contributed by atoms with E-state index in [2.05, 4.69) is 24.3 Å². The van der Waals surface area contributed by atoms with Gasteiger partial charge in [-0.2, -0.15) is 0 Å². The molecule has 1 heterocycles. The van der Waals surface area contributed by atoms with E-state index in [-0.39, 0.29) is 18.2 Å². The van der Waals surface area contributed by atoms with E-state index in [0.717, 1.165) is 24.1 Å². The number of carbonyl (C=O) groups excluding carboxylic acids is 1. The number of benzene rings is 1. The number of aliphatic hydroxyl groups is 1. The lowest BCUT2D eigenvalue weighted by atomic mass is 9.96. The Morgan fingerprint density at radius 3 is 2.57 bits per heavy atom. The van der Waals surface area contributed by atoms with Gasteiger partial charge in [-0.05, 0) is 25.3 Å². The van der Waals surface area contributed by atoms with Crippen LogP contribution in [0.25, 0.3) is 0 Å². The van der Waals surface area contributed by atoms with Crippen LogP contribution in [0.3, 0.4) is 0 Å². The van der Waals surface area contributed by atoms with Gasteiger partial charge in [-0.15, -0.1) is 0 Å². The van der Waals surface area contributed by atoms with Crippen molar-refractivity contribution in [2.75, 3.05) is 6.54 Å². The van der Waals surface area contributed by atoms with Crippen LogP contribution < -0.4 is 5.32 Å². The zero-order chi connectivity index (χ0) is 16.9. The number of amides is 1. The Kier molecular flexibility index (Phi) is 5.55. The Bertz CT molecular complexity index is 631. The van der Waals surface area contributed by atoms with Gasteiger partial charge in [-0.3, -0.25) is 4.79 Å². The third-order valence-electron chi connectivity index (χ3n) is 4.14. The first-order valence-electron chi connectivity index (χ1n) is 8.00. The van der Waals surface area contributed by atoms with E-state index in [0.29, 0.717) is 5.92 Å². The number of hydrogen-bond donors (Lipinski definition) is 2. The first kappa shape index (κ1) is 17.2. The summed E-state index contributed by atoms with van der Waals surface area (Å²) >= 11 is 0. The summed E-state index contributed by atoms with van der Waals surface area (Å²) in [6.45, 7) is 5.93. The molecule has 0 aliphatic heterocycles. The van der Waals surface area contributed by atoms with E-state index in [4.69, 9.17) is 4.52 Å². The molecule has 0 radical (unpaired) electrons. The smallest absolute Gasteiger partial charge is 0.290 e. The van der Waals surface area contributed by atoms with Crippen LogP contribution in [0.15, 0.2) is 40.9 Å². The third kappa shape index (κ3) is 4.20. The van der Waals surface area contributed by atoms with Gasteiger partial charge < -0.3 is 14.9 Å². The molecule has 1 aromatic carbocycles. The molecule has 1 atom stereocenters. The monoisotopic (exact) mass is 316 g/mol. The second kappa shape index (κ2) is 7.42. The van der Waals surface area contributed by atoms with Gasteiger partial charge in [0.2, 0.25) is 5.76 Å². The molecule has 0 saturated heterocycles. The highest BCUT2D eigenvalue weighted by Crippen LogP contribution is 2.23. The van der Waals surface area contributed by atoms with Crippen LogP contribution in [-0.4, -0.2) is 22.7 Å². The molecule has 1 unspecified atom stereocenters. The number of nitrogens with zero attached hydrogens (tertiary/aromatic N) is 1. The summed E-state index contributed by atoms with van der Waals surface area (Å²) in [7, 11) is 0. The summed E-state index contributed by atoms with van der Waals surface area (Å²) in [6.07, 6.45) is 1.90. The molecule has 0 aliphatic rings. The molecule has 0 spiro atoms. The van der Waals surface area contributed by atoms with Gasteiger partial charge in [-0.25, -0.2) is 0 Å². The maximum absolute atomic E-state index is 12.2. The van der Waals surface area contributed by atoms with E-state index in [1.807, 2.05) is 30.3 Å². The molecule has 2 aromatic rings. The molecule has 0 bridgehead atoms. The minimum absolute atomic E-state index is 0.0941. The summed E-state index contributed by atoms with van der Waals surface area (Å²) in [5.74, 6) is 0.106. The standard InChI is InChI=1S/C18H24N2O3/c1-4-13(5-2)15-11-16(23-20-15)17(21)19-12-18(3,22)14-9-7-6-8-10-14/h6-11,13,22H,4-5,12H2,1-3H3,(H,19,21). The lowest BCUT2D eigenvalue weighted by Crippen LogP contribution is -2.38. The van der Waals surface area contributed by atoms with Crippen LogP contribution in [0.1, 0.15) is 61.3 Å². The maximum atomic E-state index is 12.2. The fraction of sp³-hybridized carbons (Fsp3) is 0.444. The zero-order valence-electron chi connectivity index (χ0n) is 13.9. The van der Waals surface area contributed by atoms with E-state index in [9.17, 15) is 9.90 Å². The fourth-order valence-corrected chi connectivity index (χ4v) is 2.53. The van der Waals surface area contributed by atoms with Crippen LogP contribution >= 0.6 is 0 Å². The average molecular weight is 316 g/mol. The van der Waals surface area contributed by atoms with Crippen LogP contribution in [0.5, 0.6) is 0 Å². The molecule has 0 fully saturated rings. The first-order valence-corrected chi connectivity index (χ1v) is 8.00. The van der Waals surface area contributed by atoms with Crippen molar-refractivity contribution in [3.63, 3.8) is 0 Å². The second-order valence-corrected chi connectivity index (χ2v) is 5.95. The van der Waals surface area contributed by atoms with Crippen molar-refractivity contribution < 1.29 is 14.4 Å². The van der Waals surface area contributed by atoms with Gasteiger partial charge in [0.15, 0.2) is 0 Å². The summed E-state index contributed by atoms with van der Waals surface area (Å²) < 4.78 is 5.14. The summed E-state index contributed by atoms with van der Waals surface area (Å²) in [5.41, 5.74) is 0.403. The first-order chi connectivity index (χ1) is 11.0. The minimum atomic E-state index is -1.14. The van der Waals surface area contributed by atoms with Crippen LogP contribution in [0.4, 0.5) is 0 Å². The molecule has 1 amide bonds. The van der Waals surface area contributed by atoms with E-state index in [1.54, 1.807) is 13.0 Å². The normalized spacial score (nSPS) is 13.8. The molecule has 124 valence electrons. The molecule has 5 nitrogen and oxygen atoms in total. The molecule has 2 N–H and O–H groups in total. The average Bonchev–Trinajstić information content (AvgIpc) is 3.05. The van der Waals surface area contributed by atoms with E-state index in [1.165, 1.54) is 0 Å². The van der Waals surface area contributed by atoms with Crippen molar-refractivity contribution in [2.45, 2.75) is 45.1 Å². The van der Waals surface area contributed by atoms with Crippen molar-refractivity contribution in [3.8, 4) is 0 Å². The van der Waals surface area contributed by atoms with Crippen LogP contribution in [0, 0.1) is 0 Å². The second-order valence-electron chi connectivity index (χ2n) is 5.95. The highest BCUT2D eigenvalue weighted by atomic mass is 16.5. The quantitative estimate of drug-likeness (QED) is 0.822. The van der Waals surface area contributed by atoms with Crippen molar-refractivity contribution in [1.82, 2.24) is 10.5 Å².